The summed E-state index contributed by atoms with van der Waals surface area (Å²) in [7, 11) is 0. The molecule has 0 N–H and O–H groups in total. The molecule has 226 valence electrons. The van der Waals surface area contributed by atoms with Crippen molar-refractivity contribution in [1.82, 2.24) is 0 Å². The van der Waals surface area contributed by atoms with Crippen molar-refractivity contribution in [3.8, 4) is 17.2 Å². The molecular weight excluding hydrogens is 611 g/mol. The molecule has 0 saturated heterocycles. The van der Waals surface area contributed by atoms with Gasteiger partial charge in [-0.1, -0.05) is 68.3 Å². The number of halogens is 2. The van der Waals surface area contributed by atoms with Gasteiger partial charge in [0.1, 0.15) is 16.6 Å². The lowest BCUT2D eigenvalue weighted by molar-refractivity contribution is 0.0990. The zero-order chi connectivity index (χ0) is 36.1. The largest absolute Gasteiger partial charge is 0.301 e. The molecule has 6 aromatic rings. The van der Waals surface area contributed by atoms with E-state index in [9.17, 15) is 14.9 Å². The van der Waals surface area contributed by atoms with E-state index in [0.717, 1.165) is 21.8 Å². The summed E-state index contributed by atoms with van der Waals surface area (Å²) in [5, 5.41) is 11.3. The summed E-state index contributed by atoms with van der Waals surface area (Å²) in [6, 6.07) is 21.5. The summed E-state index contributed by atoms with van der Waals surface area (Å²) in [5.74, 6) is -2.42. The number of nitriles is 1. The minimum Gasteiger partial charge on any atom is -0.301 e. The van der Waals surface area contributed by atoms with Crippen LogP contribution in [0.5, 0.6) is 0 Å². The van der Waals surface area contributed by atoms with Crippen molar-refractivity contribution < 1.29 is 23.9 Å². The van der Waals surface area contributed by atoms with E-state index in [0.29, 0.717) is 32.5 Å². The third kappa shape index (κ3) is 4.29. The second-order valence-electron chi connectivity index (χ2n) is 11.9. The van der Waals surface area contributed by atoms with Crippen LogP contribution in [0.3, 0.4) is 0 Å². The minimum absolute atomic E-state index is 0.264. The molecule has 4 nitrogen and oxygen atoms in total. The monoisotopic (exact) mass is 638 g/mol. The topological polar surface area (TPSA) is 61.2 Å². The van der Waals surface area contributed by atoms with Crippen LogP contribution in [0.1, 0.15) is 61.6 Å². The summed E-state index contributed by atoms with van der Waals surface area (Å²) in [4.78, 5) is 29.7. The zero-order valence-electron chi connectivity index (χ0n) is 29.0. The summed E-state index contributed by atoms with van der Waals surface area (Å²) in [5.41, 5.74) is 2.49. The second-order valence-corrected chi connectivity index (χ2v) is 13.0. The number of anilines is 3. The normalized spacial score (nSPS) is 15.7. The molecule has 47 heavy (non-hydrogen) atoms. The summed E-state index contributed by atoms with van der Waals surface area (Å²) < 4.78 is 63.0. The Balaban J connectivity index is 1.36. The number of rotatable bonds is 3. The van der Waals surface area contributed by atoms with Gasteiger partial charge in [0.25, 0.3) is 0 Å². The number of thiophene rings is 1. The molecule has 1 aromatic heterocycles. The lowest BCUT2D eigenvalue weighted by Gasteiger charge is -2.40. The van der Waals surface area contributed by atoms with Crippen molar-refractivity contribution in [3.05, 3.63) is 153 Å². The molecule has 2 aliphatic rings. The molecule has 0 amide bonds. The number of fused-ring (bicyclic) bond motifs is 4. The Hall–Kier alpha value is -5.71. The first kappa shape index (κ1) is 24.5. The van der Waals surface area contributed by atoms with Gasteiger partial charge in [0.2, 0.25) is 0 Å². The quantitative estimate of drug-likeness (QED) is 0.143. The van der Waals surface area contributed by atoms with Crippen molar-refractivity contribution in [2.75, 3.05) is 4.90 Å². The average Bonchev–Trinajstić information content (AvgIpc) is 3.66. The van der Waals surface area contributed by atoms with E-state index in [1.54, 1.807) is 24.3 Å². The number of allylic oxidation sites excluding steroid dienone is 1. The molecule has 8 rings (SSSR count). The predicted octanol–water partition coefficient (Wildman–Crippen LogP) is 10.3. The number of hydrogen-bond acceptors (Lipinski definition) is 5. The lowest BCUT2D eigenvalue weighted by Crippen LogP contribution is -2.29. The third-order valence-electron chi connectivity index (χ3n) is 8.93. The van der Waals surface area contributed by atoms with Gasteiger partial charge < -0.3 is 4.90 Å². The summed E-state index contributed by atoms with van der Waals surface area (Å²) in [6.45, 7) is 4.01. The maximum Gasteiger partial charge on any atom is 0.197 e. The Labute approximate surface area is 279 Å². The highest BCUT2D eigenvalue weighted by Crippen LogP contribution is 2.57. The number of Topliss-reactive ketones (excluding diaryl/α,β-unsaturated/α-hetero) is 2. The van der Waals surface area contributed by atoms with Crippen LogP contribution in [0.4, 0.5) is 25.2 Å². The van der Waals surface area contributed by atoms with E-state index in [1.807, 2.05) is 49.1 Å². The smallest absolute Gasteiger partial charge is 0.197 e. The number of nitrogens with zero attached hydrogens (tertiary/aromatic N) is 2. The molecule has 0 bridgehead atoms. The molecule has 0 radical (unpaired) electrons. The molecule has 0 fully saturated rings. The van der Waals surface area contributed by atoms with Gasteiger partial charge in [0.05, 0.1) is 34.1 Å². The van der Waals surface area contributed by atoms with Gasteiger partial charge in [0.15, 0.2) is 11.6 Å². The third-order valence-corrected chi connectivity index (χ3v) is 10.00. The van der Waals surface area contributed by atoms with Crippen molar-refractivity contribution in [1.29, 1.82) is 5.26 Å². The molecule has 0 atom stereocenters. The Morgan fingerprint density at radius 1 is 0.809 bits per heavy atom. The molecule has 5 aromatic carbocycles. The Bertz CT molecular complexity index is 2610. The van der Waals surface area contributed by atoms with Gasteiger partial charge in [0, 0.05) is 37.8 Å². The van der Waals surface area contributed by atoms with E-state index in [-0.39, 0.29) is 28.1 Å². The van der Waals surface area contributed by atoms with Gasteiger partial charge in [-0.2, -0.15) is 5.26 Å². The minimum atomic E-state index is -0.774. The molecule has 7 heteroatoms. The number of benzene rings is 5. The van der Waals surface area contributed by atoms with Crippen LogP contribution in [0, 0.1) is 23.0 Å². The highest BCUT2D eigenvalue weighted by atomic mass is 32.1. The first-order chi connectivity index (χ1) is 24.3. The van der Waals surface area contributed by atoms with Crippen LogP contribution in [0.15, 0.2) is 109 Å². The van der Waals surface area contributed by atoms with Crippen molar-refractivity contribution >= 4 is 56.1 Å². The zero-order valence-corrected chi connectivity index (χ0v) is 25.8. The van der Waals surface area contributed by atoms with Crippen LogP contribution in [-0.2, 0) is 5.41 Å². The maximum atomic E-state index is 15.2. The number of hydrogen-bond donors (Lipinski definition) is 0. The summed E-state index contributed by atoms with van der Waals surface area (Å²) >= 11 is 1.30. The Morgan fingerprint density at radius 3 is 2.21 bits per heavy atom. The molecule has 1 aliphatic carbocycles. The van der Waals surface area contributed by atoms with Crippen molar-refractivity contribution in [2.24, 2.45) is 0 Å². The van der Waals surface area contributed by atoms with Gasteiger partial charge >= 0.3 is 0 Å². The SMILES string of the molecule is [2H]c1c([2H])c([2H])c2c(c1[2H])C(=O)C(=Cc1cc3c(s1)N(c1ccc(F)c4ccccc14)c1ccc(-c4cc(C#N)ccc4F)cc1C3(C)C)C2=O. The highest BCUT2D eigenvalue weighted by Gasteiger charge is 2.40. The fourth-order valence-electron chi connectivity index (χ4n) is 6.53. The average molecular weight is 639 g/mol. The van der Waals surface area contributed by atoms with Gasteiger partial charge in [-0.15, -0.1) is 11.3 Å². The summed E-state index contributed by atoms with van der Waals surface area (Å²) in [6.07, 6.45) is 1.43. The molecule has 1 aliphatic heterocycles. The fraction of sp³-hybridized carbons (Fsp3) is 0.0750. The standard InChI is InChI=1S/C40H24F2N2O2S/c1-40(2)31-18-23(29-17-22(21-43)11-13-34(29)42)12-15-36(31)44(35-16-14-33(41)25-7-3-4-8-26(25)35)39-32(40)20-24(47-39)19-30-37(45)27-9-5-6-10-28(27)38(30)46/h3-20H,1-2H3/i5D,6D,9D,10D. The molecule has 0 spiro atoms. The van der Waals surface area contributed by atoms with E-state index >= 15 is 8.78 Å². The lowest BCUT2D eigenvalue weighted by atomic mass is 9.74. The highest BCUT2D eigenvalue weighted by molar-refractivity contribution is 7.17. The molecule has 0 saturated carbocycles. The predicted molar refractivity (Wildman–Crippen MR) is 182 cm³/mol. The fourth-order valence-corrected chi connectivity index (χ4v) is 7.82. The van der Waals surface area contributed by atoms with E-state index in [2.05, 4.69) is 6.07 Å². The Morgan fingerprint density at radius 2 is 1.49 bits per heavy atom. The molecule has 2 heterocycles. The van der Waals surface area contributed by atoms with Crippen LogP contribution in [0.25, 0.3) is 28.0 Å². The van der Waals surface area contributed by atoms with Gasteiger partial charge in [-0.3, -0.25) is 9.59 Å². The van der Waals surface area contributed by atoms with Gasteiger partial charge in [-0.05, 0) is 71.3 Å². The molecule has 0 unspecified atom stereocenters. The van der Waals surface area contributed by atoms with Crippen LogP contribution < -0.4 is 4.90 Å². The number of carbonyl (C=O) groups is 2. The van der Waals surface area contributed by atoms with Gasteiger partial charge in [-0.25, -0.2) is 8.78 Å². The second kappa shape index (κ2) is 10.4. The van der Waals surface area contributed by atoms with Crippen LogP contribution in [-0.4, -0.2) is 11.6 Å². The Kier molecular flexibility index (Phi) is 5.43. The van der Waals surface area contributed by atoms with Crippen LogP contribution in [0.2, 0.25) is 0 Å². The van der Waals surface area contributed by atoms with E-state index in [1.165, 1.54) is 41.7 Å². The van der Waals surface area contributed by atoms with Crippen molar-refractivity contribution in [3.63, 3.8) is 0 Å². The maximum absolute atomic E-state index is 15.2. The first-order valence-electron chi connectivity index (χ1n) is 16.7. The van der Waals surface area contributed by atoms with E-state index in [4.69, 9.17) is 5.48 Å². The first-order valence-corrected chi connectivity index (χ1v) is 15.5. The number of ketones is 2. The van der Waals surface area contributed by atoms with Crippen molar-refractivity contribution in [2.45, 2.75) is 19.3 Å². The molecular formula is C40H24F2N2O2S. The van der Waals surface area contributed by atoms with E-state index < -0.39 is 47.0 Å². The number of carbonyl (C=O) groups excluding carboxylic acids is 2. The van der Waals surface area contributed by atoms with Crippen LogP contribution >= 0.6 is 11.3 Å².